The molecule has 4 rings (SSSR count). The topological polar surface area (TPSA) is 60.5 Å². The number of amides is 1. The first-order chi connectivity index (χ1) is 11.7. The quantitative estimate of drug-likeness (QED) is 0.789. The Labute approximate surface area is 142 Å². The molecule has 2 aromatic carbocycles. The van der Waals surface area contributed by atoms with Gasteiger partial charge in [-0.15, -0.1) is 11.3 Å². The van der Waals surface area contributed by atoms with E-state index in [9.17, 15) is 4.79 Å². The summed E-state index contributed by atoms with van der Waals surface area (Å²) in [7, 11) is 1.65. The molecule has 1 N–H and O–H groups in total. The van der Waals surface area contributed by atoms with Crippen LogP contribution in [0.5, 0.6) is 11.5 Å². The van der Waals surface area contributed by atoms with Crippen molar-refractivity contribution in [2.24, 2.45) is 0 Å². The van der Waals surface area contributed by atoms with E-state index in [0.29, 0.717) is 11.4 Å². The van der Waals surface area contributed by atoms with Crippen molar-refractivity contribution < 1.29 is 14.3 Å². The Morgan fingerprint density at radius 1 is 1.21 bits per heavy atom. The molecule has 120 valence electrons. The summed E-state index contributed by atoms with van der Waals surface area (Å²) in [6, 6.07) is 13.5. The second-order valence-corrected chi connectivity index (χ2v) is 6.18. The number of benzene rings is 2. The van der Waals surface area contributed by atoms with Gasteiger partial charge in [-0.25, -0.2) is 4.98 Å². The average Bonchev–Trinajstić information content (AvgIpc) is 3.11. The smallest absolute Gasteiger partial charge is 0.262 e. The van der Waals surface area contributed by atoms with Crippen molar-refractivity contribution in [2.45, 2.75) is 0 Å². The highest BCUT2D eigenvalue weighted by Crippen LogP contribution is 2.35. The number of carbonyl (C=O) groups excluding carboxylic acids is 1. The Balaban J connectivity index is 1.67. The van der Waals surface area contributed by atoms with E-state index in [2.05, 4.69) is 5.32 Å². The lowest BCUT2D eigenvalue weighted by atomic mass is 10.1. The van der Waals surface area contributed by atoms with E-state index in [1.165, 1.54) is 0 Å². The van der Waals surface area contributed by atoms with Gasteiger partial charge in [0.1, 0.15) is 16.5 Å². The van der Waals surface area contributed by atoms with Gasteiger partial charge in [-0.3, -0.25) is 4.79 Å². The third kappa shape index (κ3) is 2.72. The van der Waals surface area contributed by atoms with Crippen LogP contribution < -0.4 is 14.8 Å². The predicted molar refractivity (Wildman–Crippen MR) is 93.7 cm³/mol. The minimum atomic E-state index is -0.143. The normalized spacial score (nSPS) is 13.0. The molecule has 1 aliphatic rings. The molecular formula is C18H14N2O3S. The number of ether oxygens (including phenoxy) is 2. The van der Waals surface area contributed by atoms with Crippen LogP contribution in [-0.4, -0.2) is 24.6 Å². The minimum Gasteiger partial charge on any atom is -0.497 e. The van der Waals surface area contributed by atoms with Crippen LogP contribution in [0.3, 0.4) is 0 Å². The van der Waals surface area contributed by atoms with E-state index in [4.69, 9.17) is 14.5 Å². The van der Waals surface area contributed by atoms with Crippen LogP contribution in [0, 0.1) is 0 Å². The van der Waals surface area contributed by atoms with Crippen molar-refractivity contribution in [3.63, 3.8) is 0 Å². The van der Waals surface area contributed by atoms with Gasteiger partial charge in [0.25, 0.3) is 5.91 Å². The number of rotatable bonds is 3. The molecule has 0 bridgehead atoms. The molecule has 0 spiro atoms. The minimum absolute atomic E-state index is 0.0591. The summed E-state index contributed by atoms with van der Waals surface area (Å²) in [4.78, 5) is 16.2. The zero-order chi connectivity index (χ0) is 16.5. The molecule has 0 radical (unpaired) electrons. The van der Waals surface area contributed by atoms with Gasteiger partial charge in [-0.2, -0.15) is 0 Å². The molecule has 0 atom stereocenters. The number of fused-ring (bicyclic) bond motifs is 1. The number of hydrogen-bond donors (Lipinski definition) is 1. The lowest BCUT2D eigenvalue weighted by Gasteiger charge is -2.18. The number of aromatic nitrogens is 1. The van der Waals surface area contributed by atoms with Crippen LogP contribution in [0.15, 0.2) is 47.8 Å². The Morgan fingerprint density at radius 3 is 3.00 bits per heavy atom. The Morgan fingerprint density at radius 2 is 2.12 bits per heavy atom. The van der Waals surface area contributed by atoms with Crippen LogP contribution in [-0.2, 0) is 4.79 Å². The number of methoxy groups -OCH3 is 1. The van der Waals surface area contributed by atoms with Gasteiger partial charge in [0.15, 0.2) is 6.61 Å². The first-order valence-electron chi connectivity index (χ1n) is 7.40. The van der Waals surface area contributed by atoms with E-state index in [1.54, 1.807) is 18.4 Å². The van der Waals surface area contributed by atoms with Gasteiger partial charge in [-0.05, 0) is 30.3 Å². The van der Waals surface area contributed by atoms with Crippen molar-refractivity contribution in [3.05, 3.63) is 47.8 Å². The van der Waals surface area contributed by atoms with E-state index in [1.807, 2.05) is 47.8 Å². The van der Waals surface area contributed by atoms with Crippen molar-refractivity contribution in [1.82, 2.24) is 4.98 Å². The molecular weight excluding hydrogens is 324 g/mol. The highest BCUT2D eigenvalue weighted by Gasteiger charge is 2.17. The molecule has 24 heavy (non-hydrogen) atoms. The molecule has 6 heteroatoms. The molecule has 0 saturated carbocycles. The summed E-state index contributed by atoms with van der Waals surface area (Å²) in [6.07, 6.45) is 0. The van der Waals surface area contributed by atoms with Crippen molar-refractivity contribution in [1.29, 1.82) is 0 Å². The van der Waals surface area contributed by atoms with Gasteiger partial charge in [0, 0.05) is 16.5 Å². The number of nitrogens with one attached hydrogen (secondary N) is 1. The van der Waals surface area contributed by atoms with Crippen molar-refractivity contribution in [3.8, 4) is 33.3 Å². The van der Waals surface area contributed by atoms with Crippen LogP contribution in [0.4, 0.5) is 5.69 Å². The summed E-state index contributed by atoms with van der Waals surface area (Å²) >= 11 is 1.56. The largest absolute Gasteiger partial charge is 0.497 e. The molecule has 1 aliphatic heterocycles. The van der Waals surface area contributed by atoms with E-state index < -0.39 is 0 Å². The summed E-state index contributed by atoms with van der Waals surface area (Å²) in [6.45, 7) is 0.0591. The van der Waals surface area contributed by atoms with Gasteiger partial charge >= 0.3 is 0 Å². The maximum Gasteiger partial charge on any atom is 0.262 e. The molecule has 1 aromatic heterocycles. The van der Waals surface area contributed by atoms with E-state index in [-0.39, 0.29) is 12.5 Å². The lowest BCUT2D eigenvalue weighted by molar-refractivity contribution is -0.118. The maximum absolute atomic E-state index is 11.5. The summed E-state index contributed by atoms with van der Waals surface area (Å²) in [5.41, 5.74) is 3.53. The molecule has 1 amide bonds. The molecule has 0 aliphatic carbocycles. The first-order valence-corrected chi connectivity index (χ1v) is 8.28. The Hall–Kier alpha value is -2.86. The fourth-order valence-electron chi connectivity index (χ4n) is 2.54. The van der Waals surface area contributed by atoms with E-state index in [0.717, 1.165) is 27.6 Å². The molecule has 0 fully saturated rings. The van der Waals surface area contributed by atoms with E-state index >= 15 is 0 Å². The lowest BCUT2D eigenvalue weighted by Crippen LogP contribution is -2.25. The zero-order valence-corrected chi connectivity index (χ0v) is 13.7. The molecule has 0 unspecified atom stereocenters. The molecule has 0 saturated heterocycles. The SMILES string of the molecule is COc1cccc(-c2csc(-c3ccc4c(c3)NC(=O)CO4)n2)c1. The molecule has 2 heterocycles. The predicted octanol–water partition coefficient (Wildman–Crippen LogP) is 3.82. The van der Waals surface area contributed by atoms with Gasteiger partial charge in [-0.1, -0.05) is 12.1 Å². The fraction of sp³-hybridized carbons (Fsp3) is 0.111. The van der Waals surface area contributed by atoms with Gasteiger partial charge in [0.2, 0.25) is 0 Å². The molecule has 3 aromatic rings. The third-order valence-electron chi connectivity index (χ3n) is 3.73. The number of anilines is 1. The van der Waals surface area contributed by atoms with Gasteiger partial charge in [0.05, 0.1) is 18.5 Å². The Kier molecular flexibility index (Phi) is 3.66. The maximum atomic E-state index is 11.5. The zero-order valence-electron chi connectivity index (χ0n) is 12.9. The van der Waals surface area contributed by atoms with Crippen molar-refractivity contribution >= 4 is 22.9 Å². The summed E-state index contributed by atoms with van der Waals surface area (Å²) < 4.78 is 10.6. The van der Waals surface area contributed by atoms with Crippen LogP contribution in [0.25, 0.3) is 21.8 Å². The number of carbonyl (C=O) groups is 1. The fourth-order valence-corrected chi connectivity index (χ4v) is 3.36. The number of thiazole rings is 1. The Bertz CT molecular complexity index is 920. The highest BCUT2D eigenvalue weighted by atomic mass is 32.1. The van der Waals surface area contributed by atoms with Crippen LogP contribution in [0.2, 0.25) is 0 Å². The van der Waals surface area contributed by atoms with Crippen LogP contribution in [0.1, 0.15) is 0 Å². The summed E-state index contributed by atoms with van der Waals surface area (Å²) in [5, 5.41) is 5.72. The summed E-state index contributed by atoms with van der Waals surface area (Å²) in [5.74, 6) is 1.34. The monoisotopic (exact) mass is 338 g/mol. The standard InChI is InChI=1S/C18H14N2O3S/c1-22-13-4-2-3-11(7-13)15-10-24-18(20-15)12-5-6-16-14(8-12)19-17(21)9-23-16/h2-8,10H,9H2,1H3,(H,19,21). The second kappa shape index (κ2) is 5.98. The highest BCUT2D eigenvalue weighted by molar-refractivity contribution is 7.13. The van der Waals surface area contributed by atoms with Gasteiger partial charge < -0.3 is 14.8 Å². The average molecular weight is 338 g/mol. The number of hydrogen-bond acceptors (Lipinski definition) is 5. The first kappa shape index (κ1) is 14.7. The second-order valence-electron chi connectivity index (χ2n) is 5.32. The van der Waals surface area contributed by atoms with Crippen molar-refractivity contribution in [2.75, 3.05) is 19.0 Å². The third-order valence-corrected chi connectivity index (χ3v) is 4.62. The molecule has 5 nitrogen and oxygen atoms in total. The van der Waals surface area contributed by atoms with Crippen LogP contribution >= 0.6 is 11.3 Å². The number of nitrogens with zero attached hydrogens (tertiary/aromatic N) is 1.